The quantitative estimate of drug-likeness (QED) is 0.411. The molecule has 2 aromatic rings. The Hall–Kier alpha value is -2.49. The van der Waals surface area contributed by atoms with Gasteiger partial charge in [0.1, 0.15) is 0 Å². The van der Waals surface area contributed by atoms with E-state index in [1.165, 1.54) is 24.3 Å². The maximum Gasteiger partial charge on any atom is 0.289 e. The van der Waals surface area contributed by atoms with Crippen LogP contribution < -0.4 is 9.62 Å². The van der Waals surface area contributed by atoms with E-state index in [9.17, 15) is 18.5 Å². The van der Waals surface area contributed by atoms with Crippen LogP contribution in [0.3, 0.4) is 0 Å². The highest BCUT2D eigenvalue weighted by Gasteiger charge is 2.24. The zero-order chi connectivity index (χ0) is 20.0. The van der Waals surface area contributed by atoms with Gasteiger partial charge in [0.05, 0.1) is 18.1 Å². The normalized spacial score (nSPS) is 14.8. The number of ether oxygens (including phenoxy) is 1. The fourth-order valence-corrected chi connectivity index (χ4v) is 4.35. The summed E-state index contributed by atoms with van der Waals surface area (Å²) in [6.45, 7) is 3.45. The average Bonchev–Trinajstić information content (AvgIpc) is 2.72. The summed E-state index contributed by atoms with van der Waals surface area (Å²) in [5.74, 6) is 0. The van der Waals surface area contributed by atoms with E-state index in [-0.39, 0.29) is 11.4 Å². The lowest BCUT2D eigenvalue weighted by atomic mass is 10.1. The summed E-state index contributed by atoms with van der Waals surface area (Å²) in [5, 5.41) is 11.0. The highest BCUT2D eigenvalue weighted by Crippen LogP contribution is 2.22. The molecule has 2 aromatic carbocycles. The van der Waals surface area contributed by atoms with Crippen molar-refractivity contribution in [3.8, 4) is 0 Å². The van der Waals surface area contributed by atoms with Crippen molar-refractivity contribution in [1.82, 2.24) is 4.72 Å². The van der Waals surface area contributed by atoms with Crippen LogP contribution in [-0.4, -0.2) is 46.2 Å². The van der Waals surface area contributed by atoms with E-state index < -0.39 is 20.6 Å². The number of benzene rings is 2. The molecule has 1 fully saturated rings. The predicted molar refractivity (Wildman–Crippen MR) is 106 cm³/mol. The average molecular weight is 405 g/mol. The number of hydrogen-bond acceptors (Lipinski definition) is 6. The van der Waals surface area contributed by atoms with E-state index in [0.29, 0.717) is 12.8 Å². The predicted octanol–water partition coefficient (Wildman–Crippen LogP) is 2.34. The molecule has 0 saturated carbocycles. The largest absolute Gasteiger partial charge is 0.378 e. The second-order valence-corrected chi connectivity index (χ2v) is 8.23. The molecule has 1 aliphatic heterocycles. The third-order valence-corrected chi connectivity index (χ3v) is 6.11. The lowest BCUT2D eigenvalue weighted by molar-refractivity contribution is -0.387. The Morgan fingerprint density at radius 1 is 1.07 bits per heavy atom. The number of nitrogens with zero attached hydrogens (tertiary/aromatic N) is 2. The van der Waals surface area contributed by atoms with Gasteiger partial charge in [0.2, 0.25) is 10.0 Å². The summed E-state index contributed by atoms with van der Waals surface area (Å²) >= 11 is 0. The molecule has 1 heterocycles. The molecule has 0 atom stereocenters. The fourth-order valence-electron chi connectivity index (χ4n) is 3.11. The van der Waals surface area contributed by atoms with Gasteiger partial charge in [-0.05, 0) is 36.6 Å². The molecule has 8 nitrogen and oxygen atoms in total. The topological polar surface area (TPSA) is 102 Å². The summed E-state index contributed by atoms with van der Waals surface area (Å²) in [7, 11) is -3.92. The van der Waals surface area contributed by atoms with Gasteiger partial charge in [-0.25, -0.2) is 13.1 Å². The van der Waals surface area contributed by atoms with Gasteiger partial charge in [0, 0.05) is 31.4 Å². The molecule has 3 rings (SSSR count). The first-order valence-electron chi connectivity index (χ1n) is 9.12. The van der Waals surface area contributed by atoms with Gasteiger partial charge >= 0.3 is 0 Å². The molecule has 0 amide bonds. The first-order valence-corrected chi connectivity index (χ1v) is 10.6. The minimum atomic E-state index is -3.92. The molecule has 28 heavy (non-hydrogen) atoms. The molecule has 1 aliphatic rings. The third kappa shape index (κ3) is 5.06. The van der Waals surface area contributed by atoms with E-state index in [1.807, 2.05) is 12.1 Å². The molecule has 0 unspecified atom stereocenters. The second-order valence-electron chi connectivity index (χ2n) is 6.49. The number of aryl methyl sites for hydroxylation is 1. The Labute approximate surface area is 164 Å². The van der Waals surface area contributed by atoms with Crippen LogP contribution in [0, 0.1) is 10.1 Å². The van der Waals surface area contributed by atoms with Crippen molar-refractivity contribution in [3.63, 3.8) is 0 Å². The van der Waals surface area contributed by atoms with Crippen LogP contribution in [0.15, 0.2) is 53.4 Å². The second kappa shape index (κ2) is 9.13. The summed E-state index contributed by atoms with van der Waals surface area (Å²) in [6.07, 6.45) is 1.31. The molecular formula is C19H23N3O5S. The Kier molecular flexibility index (Phi) is 6.61. The Balaban J connectivity index is 1.52. The number of hydrogen-bond donors (Lipinski definition) is 1. The highest BCUT2D eigenvalue weighted by atomic mass is 32.2. The van der Waals surface area contributed by atoms with Crippen LogP contribution in [0.5, 0.6) is 0 Å². The van der Waals surface area contributed by atoms with Gasteiger partial charge in [-0.3, -0.25) is 10.1 Å². The van der Waals surface area contributed by atoms with Crippen LogP contribution in [0.1, 0.15) is 12.0 Å². The van der Waals surface area contributed by atoms with E-state index >= 15 is 0 Å². The molecule has 1 saturated heterocycles. The van der Waals surface area contributed by atoms with Crippen molar-refractivity contribution in [2.75, 3.05) is 37.7 Å². The molecule has 9 heteroatoms. The van der Waals surface area contributed by atoms with Crippen molar-refractivity contribution >= 4 is 21.4 Å². The summed E-state index contributed by atoms with van der Waals surface area (Å²) in [4.78, 5) is 12.3. The highest BCUT2D eigenvalue weighted by molar-refractivity contribution is 7.89. The molecule has 1 N–H and O–H groups in total. The number of nitro groups is 1. The maximum absolute atomic E-state index is 12.4. The van der Waals surface area contributed by atoms with Gasteiger partial charge in [-0.1, -0.05) is 24.3 Å². The van der Waals surface area contributed by atoms with E-state index in [2.05, 4.69) is 21.8 Å². The lowest BCUT2D eigenvalue weighted by Gasteiger charge is -2.28. The van der Waals surface area contributed by atoms with Crippen LogP contribution in [0.25, 0.3) is 0 Å². The van der Waals surface area contributed by atoms with Gasteiger partial charge in [-0.15, -0.1) is 0 Å². The van der Waals surface area contributed by atoms with Crippen LogP contribution in [0.2, 0.25) is 0 Å². The number of rotatable bonds is 8. The van der Waals surface area contributed by atoms with Gasteiger partial charge in [-0.2, -0.15) is 0 Å². The first kappa shape index (κ1) is 20.2. The number of morpholine rings is 1. The number of sulfonamides is 1. The summed E-state index contributed by atoms with van der Waals surface area (Å²) in [6, 6.07) is 13.6. The maximum atomic E-state index is 12.4. The van der Waals surface area contributed by atoms with Crippen LogP contribution >= 0.6 is 0 Å². The zero-order valence-electron chi connectivity index (χ0n) is 15.4. The van der Waals surface area contributed by atoms with Crippen molar-refractivity contribution in [2.45, 2.75) is 17.7 Å². The van der Waals surface area contributed by atoms with Crippen LogP contribution in [-0.2, 0) is 21.2 Å². The molecule has 0 spiro atoms. The van der Waals surface area contributed by atoms with Crippen molar-refractivity contribution < 1.29 is 18.1 Å². The van der Waals surface area contributed by atoms with Crippen LogP contribution in [0.4, 0.5) is 11.4 Å². The van der Waals surface area contributed by atoms with Gasteiger partial charge in [0.15, 0.2) is 4.90 Å². The molecule has 0 aromatic heterocycles. The molecule has 0 bridgehead atoms. The van der Waals surface area contributed by atoms with Gasteiger partial charge < -0.3 is 9.64 Å². The number of nitro benzene ring substituents is 1. The van der Waals surface area contributed by atoms with Crippen molar-refractivity contribution in [3.05, 3.63) is 64.2 Å². The van der Waals surface area contributed by atoms with Crippen molar-refractivity contribution in [1.29, 1.82) is 0 Å². The molecule has 150 valence electrons. The minimum absolute atomic E-state index is 0.208. The van der Waals surface area contributed by atoms with E-state index in [1.54, 1.807) is 0 Å². The number of anilines is 1. The molecule has 0 aliphatic carbocycles. The SMILES string of the molecule is O=[N+]([O-])c1ccccc1S(=O)(=O)NCCCc1ccc(N2CCOCC2)cc1. The lowest BCUT2D eigenvalue weighted by Crippen LogP contribution is -2.36. The zero-order valence-corrected chi connectivity index (χ0v) is 16.2. The van der Waals surface area contributed by atoms with E-state index in [0.717, 1.165) is 37.6 Å². The smallest absolute Gasteiger partial charge is 0.289 e. The minimum Gasteiger partial charge on any atom is -0.378 e. The van der Waals surface area contributed by atoms with E-state index in [4.69, 9.17) is 4.74 Å². The Morgan fingerprint density at radius 3 is 2.43 bits per heavy atom. The first-order chi connectivity index (χ1) is 13.5. The monoisotopic (exact) mass is 405 g/mol. The molecular weight excluding hydrogens is 382 g/mol. The summed E-state index contributed by atoms with van der Waals surface area (Å²) < 4.78 is 32.5. The number of nitrogens with one attached hydrogen (secondary N) is 1. The standard InChI is InChI=1S/C19H23N3O5S/c23-22(24)18-5-1-2-6-19(18)28(25,26)20-11-3-4-16-7-9-17(10-8-16)21-12-14-27-15-13-21/h1-2,5-10,20H,3-4,11-15H2. The molecule has 0 radical (unpaired) electrons. The summed E-state index contributed by atoms with van der Waals surface area (Å²) in [5.41, 5.74) is 1.85. The van der Waals surface area contributed by atoms with Gasteiger partial charge in [0.25, 0.3) is 5.69 Å². The Morgan fingerprint density at radius 2 is 1.75 bits per heavy atom. The Bertz CT molecular complexity index is 909. The third-order valence-electron chi connectivity index (χ3n) is 4.60. The van der Waals surface area contributed by atoms with Crippen molar-refractivity contribution in [2.24, 2.45) is 0 Å². The number of para-hydroxylation sites is 1. The fraction of sp³-hybridized carbons (Fsp3) is 0.368.